The number of hydrogen-bond acceptors (Lipinski definition) is 2. The Labute approximate surface area is 113 Å². The SMILES string of the molecule is CCNCC1(OCC2CCCC2)CCC(C)CC1. The molecule has 2 aliphatic rings. The van der Waals surface area contributed by atoms with Gasteiger partial charge in [0, 0.05) is 6.54 Å². The Bertz CT molecular complexity index is 222. The summed E-state index contributed by atoms with van der Waals surface area (Å²) in [7, 11) is 0. The van der Waals surface area contributed by atoms with Gasteiger partial charge in [0.05, 0.1) is 12.2 Å². The number of rotatable bonds is 6. The minimum Gasteiger partial charge on any atom is -0.373 e. The minimum absolute atomic E-state index is 0.158. The first kappa shape index (κ1) is 14.3. The number of nitrogens with one attached hydrogen (secondary N) is 1. The van der Waals surface area contributed by atoms with Gasteiger partial charge in [-0.05, 0) is 56.9 Å². The highest BCUT2D eigenvalue weighted by Crippen LogP contribution is 2.36. The quantitative estimate of drug-likeness (QED) is 0.778. The Morgan fingerprint density at radius 1 is 1.11 bits per heavy atom. The molecule has 0 atom stereocenters. The molecule has 0 aliphatic heterocycles. The highest BCUT2D eigenvalue weighted by molar-refractivity contribution is 4.89. The maximum Gasteiger partial charge on any atom is 0.0806 e. The summed E-state index contributed by atoms with van der Waals surface area (Å²) in [6, 6.07) is 0. The van der Waals surface area contributed by atoms with Crippen molar-refractivity contribution in [1.29, 1.82) is 0 Å². The van der Waals surface area contributed by atoms with E-state index in [0.29, 0.717) is 0 Å². The molecule has 0 saturated heterocycles. The van der Waals surface area contributed by atoms with E-state index in [2.05, 4.69) is 19.2 Å². The molecule has 0 amide bonds. The molecule has 0 aromatic carbocycles. The van der Waals surface area contributed by atoms with Gasteiger partial charge in [0.1, 0.15) is 0 Å². The molecular weight excluding hydrogens is 222 g/mol. The smallest absolute Gasteiger partial charge is 0.0806 e. The van der Waals surface area contributed by atoms with Crippen LogP contribution in [-0.2, 0) is 4.74 Å². The van der Waals surface area contributed by atoms with Gasteiger partial charge in [-0.15, -0.1) is 0 Å². The van der Waals surface area contributed by atoms with Gasteiger partial charge >= 0.3 is 0 Å². The van der Waals surface area contributed by atoms with E-state index < -0.39 is 0 Å². The van der Waals surface area contributed by atoms with Crippen LogP contribution in [0.15, 0.2) is 0 Å². The van der Waals surface area contributed by atoms with Crippen molar-refractivity contribution in [3.63, 3.8) is 0 Å². The van der Waals surface area contributed by atoms with Crippen LogP contribution in [0.3, 0.4) is 0 Å². The molecule has 106 valence electrons. The third kappa shape index (κ3) is 3.96. The highest BCUT2D eigenvalue weighted by atomic mass is 16.5. The second-order valence-corrected chi connectivity index (χ2v) is 6.61. The van der Waals surface area contributed by atoms with E-state index in [1.54, 1.807) is 0 Å². The van der Waals surface area contributed by atoms with Crippen LogP contribution in [0.5, 0.6) is 0 Å². The topological polar surface area (TPSA) is 21.3 Å². The Balaban J connectivity index is 1.83. The van der Waals surface area contributed by atoms with Crippen LogP contribution >= 0.6 is 0 Å². The maximum absolute atomic E-state index is 6.44. The zero-order chi connectivity index (χ0) is 12.8. The first-order valence-corrected chi connectivity index (χ1v) is 8.09. The second kappa shape index (κ2) is 6.91. The number of likely N-dealkylation sites (N-methyl/N-ethyl adjacent to an activating group) is 1. The molecule has 18 heavy (non-hydrogen) atoms. The van der Waals surface area contributed by atoms with Gasteiger partial charge in [0.25, 0.3) is 0 Å². The molecule has 0 bridgehead atoms. The summed E-state index contributed by atoms with van der Waals surface area (Å²) in [5.41, 5.74) is 0.158. The van der Waals surface area contributed by atoms with Crippen molar-refractivity contribution in [3.8, 4) is 0 Å². The molecule has 1 N–H and O–H groups in total. The first-order valence-electron chi connectivity index (χ1n) is 8.09. The number of hydrogen-bond donors (Lipinski definition) is 1. The van der Waals surface area contributed by atoms with Gasteiger partial charge in [-0.2, -0.15) is 0 Å². The lowest BCUT2D eigenvalue weighted by Crippen LogP contribution is -2.46. The molecular formula is C16H31NO. The van der Waals surface area contributed by atoms with Gasteiger partial charge in [0.15, 0.2) is 0 Å². The van der Waals surface area contributed by atoms with E-state index in [-0.39, 0.29) is 5.60 Å². The van der Waals surface area contributed by atoms with Crippen molar-refractivity contribution >= 4 is 0 Å². The zero-order valence-electron chi connectivity index (χ0n) is 12.3. The second-order valence-electron chi connectivity index (χ2n) is 6.61. The standard InChI is InChI=1S/C16H31NO/c1-3-17-13-16(10-8-14(2)9-11-16)18-12-15-6-4-5-7-15/h14-15,17H,3-13H2,1-2H3. The zero-order valence-corrected chi connectivity index (χ0v) is 12.3. The van der Waals surface area contributed by atoms with Gasteiger partial charge < -0.3 is 10.1 Å². The molecule has 2 heteroatoms. The average molecular weight is 253 g/mol. The molecule has 0 aromatic rings. The summed E-state index contributed by atoms with van der Waals surface area (Å²) in [4.78, 5) is 0. The van der Waals surface area contributed by atoms with Crippen molar-refractivity contribution in [2.45, 2.75) is 70.8 Å². The molecule has 2 aliphatic carbocycles. The minimum atomic E-state index is 0.158. The van der Waals surface area contributed by atoms with Gasteiger partial charge in [0.2, 0.25) is 0 Å². The van der Waals surface area contributed by atoms with Crippen LogP contribution in [0.4, 0.5) is 0 Å². The Morgan fingerprint density at radius 2 is 1.78 bits per heavy atom. The predicted octanol–water partition coefficient (Wildman–Crippen LogP) is 3.75. The maximum atomic E-state index is 6.44. The fourth-order valence-electron chi connectivity index (χ4n) is 3.48. The lowest BCUT2D eigenvalue weighted by molar-refractivity contribution is -0.0867. The van der Waals surface area contributed by atoms with Crippen LogP contribution in [0.2, 0.25) is 0 Å². The number of ether oxygens (including phenoxy) is 1. The average Bonchev–Trinajstić information content (AvgIpc) is 2.90. The predicted molar refractivity (Wildman–Crippen MR) is 76.8 cm³/mol. The summed E-state index contributed by atoms with van der Waals surface area (Å²) in [5, 5.41) is 3.52. The molecule has 2 fully saturated rings. The fraction of sp³-hybridized carbons (Fsp3) is 1.00. The van der Waals surface area contributed by atoms with Crippen LogP contribution < -0.4 is 5.32 Å². The lowest BCUT2D eigenvalue weighted by atomic mass is 9.79. The van der Waals surface area contributed by atoms with Crippen LogP contribution in [0, 0.1) is 11.8 Å². The van der Waals surface area contributed by atoms with Gasteiger partial charge in [-0.25, -0.2) is 0 Å². The summed E-state index contributed by atoms with van der Waals surface area (Å²) in [6.07, 6.45) is 10.8. The highest BCUT2D eigenvalue weighted by Gasteiger charge is 2.35. The summed E-state index contributed by atoms with van der Waals surface area (Å²) in [6.45, 7) is 7.71. The summed E-state index contributed by atoms with van der Waals surface area (Å²) >= 11 is 0. The molecule has 2 rings (SSSR count). The van der Waals surface area contributed by atoms with Crippen LogP contribution in [0.1, 0.15) is 65.2 Å². The molecule has 0 unspecified atom stereocenters. The van der Waals surface area contributed by atoms with E-state index in [1.165, 1.54) is 51.4 Å². The van der Waals surface area contributed by atoms with Crippen molar-refractivity contribution in [2.24, 2.45) is 11.8 Å². The molecule has 0 spiro atoms. The van der Waals surface area contributed by atoms with Crippen LogP contribution in [0.25, 0.3) is 0 Å². The molecule has 2 nitrogen and oxygen atoms in total. The molecule has 2 saturated carbocycles. The van der Waals surface area contributed by atoms with Gasteiger partial charge in [-0.1, -0.05) is 26.7 Å². The fourth-order valence-corrected chi connectivity index (χ4v) is 3.48. The van der Waals surface area contributed by atoms with E-state index in [9.17, 15) is 0 Å². The molecule has 0 radical (unpaired) electrons. The summed E-state index contributed by atoms with van der Waals surface area (Å²) in [5.74, 6) is 1.75. The van der Waals surface area contributed by atoms with Crippen molar-refractivity contribution in [3.05, 3.63) is 0 Å². The van der Waals surface area contributed by atoms with Crippen molar-refractivity contribution in [2.75, 3.05) is 19.7 Å². The van der Waals surface area contributed by atoms with Crippen LogP contribution in [-0.4, -0.2) is 25.3 Å². The Hall–Kier alpha value is -0.0800. The molecule has 0 heterocycles. The Kier molecular flexibility index (Phi) is 5.50. The van der Waals surface area contributed by atoms with Crippen molar-refractivity contribution in [1.82, 2.24) is 5.32 Å². The lowest BCUT2D eigenvalue weighted by Gasteiger charge is -2.40. The largest absolute Gasteiger partial charge is 0.373 e. The third-order valence-corrected chi connectivity index (χ3v) is 4.98. The summed E-state index contributed by atoms with van der Waals surface area (Å²) < 4.78 is 6.44. The first-order chi connectivity index (χ1) is 8.74. The van der Waals surface area contributed by atoms with Crippen molar-refractivity contribution < 1.29 is 4.74 Å². The van der Waals surface area contributed by atoms with Gasteiger partial charge in [-0.3, -0.25) is 0 Å². The third-order valence-electron chi connectivity index (χ3n) is 4.98. The normalized spacial score (nSPS) is 34.0. The monoisotopic (exact) mass is 253 g/mol. The molecule has 0 aromatic heterocycles. The van der Waals surface area contributed by atoms with E-state index >= 15 is 0 Å². The van der Waals surface area contributed by atoms with E-state index in [1.807, 2.05) is 0 Å². The Morgan fingerprint density at radius 3 is 2.39 bits per heavy atom. The van der Waals surface area contributed by atoms with E-state index in [4.69, 9.17) is 4.74 Å². The van der Waals surface area contributed by atoms with E-state index in [0.717, 1.165) is 31.5 Å².